The number of rotatable bonds is 6. The normalized spacial score (nSPS) is 18.5. The van der Waals surface area contributed by atoms with E-state index >= 15 is 0 Å². The van der Waals surface area contributed by atoms with E-state index in [-0.39, 0.29) is 5.95 Å². The van der Waals surface area contributed by atoms with E-state index < -0.39 is 23.6 Å². The molecule has 0 bridgehead atoms. The van der Waals surface area contributed by atoms with E-state index in [1.54, 1.807) is 24.5 Å². The summed E-state index contributed by atoms with van der Waals surface area (Å²) in [6.07, 6.45) is -1.17. The van der Waals surface area contributed by atoms with Crippen molar-refractivity contribution in [2.75, 3.05) is 75.6 Å². The van der Waals surface area contributed by atoms with Gasteiger partial charge in [-0.1, -0.05) is 6.07 Å². The number of alkyl halides is 2. The number of aromatic nitrogens is 4. The number of imidazole rings is 1. The molecule has 0 aliphatic carbocycles. The summed E-state index contributed by atoms with van der Waals surface area (Å²) in [6.45, 7) is 4.84. The molecule has 0 saturated carbocycles. The number of hydrogen-bond donors (Lipinski definition) is 0. The summed E-state index contributed by atoms with van der Waals surface area (Å²) in [7, 11) is 1.48. The molecule has 2 saturated heterocycles. The van der Waals surface area contributed by atoms with E-state index in [9.17, 15) is 13.3 Å². The molecule has 10 nitrogen and oxygen atoms in total. The van der Waals surface area contributed by atoms with Gasteiger partial charge in [-0.25, -0.2) is 13.8 Å². The van der Waals surface area contributed by atoms with Crippen molar-refractivity contribution in [1.29, 1.82) is 0 Å². The van der Waals surface area contributed by atoms with Gasteiger partial charge in [-0.15, -0.1) is 4.31 Å². The molecular formula is C22H27F2N7O3S. The van der Waals surface area contributed by atoms with Gasteiger partial charge < -0.3 is 23.8 Å². The van der Waals surface area contributed by atoms with Gasteiger partial charge in [0.25, 0.3) is 6.43 Å². The van der Waals surface area contributed by atoms with Crippen LogP contribution in [0, 0.1) is 0 Å². The van der Waals surface area contributed by atoms with Gasteiger partial charge in [0.05, 0.1) is 38.9 Å². The molecule has 4 heterocycles. The third-order valence-corrected chi connectivity index (χ3v) is 7.33. The lowest BCUT2D eigenvalue weighted by Gasteiger charge is -2.35. The van der Waals surface area contributed by atoms with Gasteiger partial charge in [0.15, 0.2) is 5.82 Å². The van der Waals surface area contributed by atoms with Crippen molar-refractivity contribution in [1.82, 2.24) is 23.8 Å². The Labute approximate surface area is 204 Å². The van der Waals surface area contributed by atoms with Crippen LogP contribution in [0.25, 0.3) is 17.0 Å². The van der Waals surface area contributed by atoms with Gasteiger partial charge in [0, 0.05) is 43.6 Å². The molecule has 1 atom stereocenters. The molecule has 2 fully saturated rings. The van der Waals surface area contributed by atoms with Gasteiger partial charge in [-0.05, 0) is 12.1 Å². The highest BCUT2D eigenvalue weighted by Crippen LogP contribution is 2.33. The first-order valence-electron chi connectivity index (χ1n) is 11.4. The van der Waals surface area contributed by atoms with Crippen molar-refractivity contribution in [3.8, 4) is 11.7 Å². The standard InChI is InChI=1S/C22H27F2N7O3S/c1-33-16-5-3-4-15-19(16)27-21(20(23)24)31(15)22-25-17(28-6-8-30(9-7-28)35(2)32)14-18(26-22)29-10-12-34-13-11-29/h3-5,14,20H,6-13H2,1-2H3. The van der Waals surface area contributed by atoms with Crippen LogP contribution in [-0.2, 0) is 16.1 Å². The van der Waals surface area contributed by atoms with Crippen LogP contribution >= 0.6 is 0 Å². The predicted octanol–water partition coefficient (Wildman–Crippen LogP) is 2.01. The number of morpholine rings is 1. The first-order valence-corrected chi connectivity index (χ1v) is 12.9. The first kappa shape index (κ1) is 24.0. The minimum absolute atomic E-state index is 0.122. The average Bonchev–Trinajstić information content (AvgIpc) is 3.29. The minimum Gasteiger partial charge on any atom is -0.598 e. The fourth-order valence-electron chi connectivity index (χ4n) is 4.41. The number of fused-ring (bicyclic) bond motifs is 1. The molecule has 35 heavy (non-hydrogen) atoms. The number of halogens is 2. The van der Waals surface area contributed by atoms with Crippen molar-refractivity contribution in [2.24, 2.45) is 0 Å². The van der Waals surface area contributed by atoms with Crippen LogP contribution in [0.4, 0.5) is 20.4 Å². The second-order valence-electron chi connectivity index (χ2n) is 8.26. The van der Waals surface area contributed by atoms with Crippen LogP contribution in [0.5, 0.6) is 5.75 Å². The van der Waals surface area contributed by atoms with Crippen LogP contribution in [0.15, 0.2) is 24.3 Å². The van der Waals surface area contributed by atoms with Crippen molar-refractivity contribution >= 4 is 34.0 Å². The molecule has 0 radical (unpaired) electrons. The third-order valence-electron chi connectivity index (χ3n) is 6.24. The van der Waals surface area contributed by atoms with Gasteiger partial charge in [0.1, 0.15) is 29.2 Å². The second kappa shape index (κ2) is 10.1. The summed E-state index contributed by atoms with van der Waals surface area (Å²) < 4.78 is 54.2. The molecular weight excluding hydrogens is 480 g/mol. The van der Waals surface area contributed by atoms with Crippen LogP contribution in [0.3, 0.4) is 0 Å². The van der Waals surface area contributed by atoms with E-state index in [1.165, 1.54) is 11.7 Å². The first-order chi connectivity index (χ1) is 17.0. The Kier molecular flexibility index (Phi) is 6.91. The molecule has 0 amide bonds. The number of nitrogens with zero attached hydrogens (tertiary/aromatic N) is 7. The summed E-state index contributed by atoms with van der Waals surface area (Å²) in [5, 5.41) is 0. The maximum Gasteiger partial charge on any atom is 0.296 e. The summed E-state index contributed by atoms with van der Waals surface area (Å²) in [5.74, 6) is 1.34. The van der Waals surface area contributed by atoms with Gasteiger partial charge in [-0.2, -0.15) is 9.97 Å². The second-order valence-corrected chi connectivity index (χ2v) is 9.62. The Morgan fingerprint density at radius 1 is 1.00 bits per heavy atom. The highest BCUT2D eigenvalue weighted by molar-refractivity contribution is 7.88. The largest absolute Gasteiger partial charge is 0.598 e. The summed E-state index contributed by atoms with van der Waals surface area (Å²) in [6, 6.07) is 7.00. The number of piperazine rings is 1. The molecule has 0 N–H and O–H groups in total. The Morgan fingerprint density at radius 3 is 2.26 bits per heavy atom. The van der Waals surface area contributed by atoms with Gasteiger partial charge in [-0.3, -0.25) is 4.57 Å². The smallest absolute Gasteiger partial charge is 0.296 e. The van der Waals surface area contributed by atoms with E-state index in [0.717, 1.165) is 0 Å². The number of hydrogen-bond acceptors (Lipinski definition) is 9. The van der Waals surface area contributed by atoms with E-state index in [4.69, 9.17) is 19.4 Å². The topological polar surface area (TPSA) is 94.8 Å². The van der Waals surface area contributed by atoms with E-state index in [1.807, 2.05) is 10.4 Å². The highest BCUT2D eigenvalue weighted by atomic mass is 32.2. The number of anilines is 2. The molecule has 2 aliphatic heterocycles. The highest BCUT2D eigenvalue weighted by Gasteiger charge is 2.28. The summed E-state index contributed by atoms with van der Waals surface area (Å²) in [5.41, 5.74) is 0.766. The Morgan fingerprint density at radius 2 is 1.66 bits per heavy atom. The summed E-state index contributed by atoms with van der Waals surface area (Å²) in [4.78, 5) is 17.8. The van der Waals surface area contributed by atoms with Crippen molar-refractivity contribution < 1.29 is 22.8 Å². The lowest BCUT2D eigenvalue weighted by molar-refractivity contribution is 0.122. The van der Waals surface area contributed by atoms with Crippen LogP contribution < -0.4 is 14.5 Å². The fraction of sp³-hybridized carbons (Fsp3) is 0.500. The van der Waals surface area contributed by atoms with E-state index in [2.05, 4.69) is 14.8 Å². The quantitative estimate of drug-likeness (QED) is 0.465. The fourth-order valence-corrected chi connectivity index (χ4v) is 5.09. The summed E-state index contributed by atoms with van der Waals surface area (Å²) >= 11 is -1.04. The molecule has 2 aliphatic rings. The maximum atomic E-state index is 14.2. The Hall–Kier alpha value is -2.74. The van der Waals surface area contributed by atoms with Crippen LogP contribution in [0.1, 0.15) is 12.2 Å². The zero-order chi connectivity index (χ0) is 24.5. The molecule has 2 aromatic heterocycles. The molecule has 1 aromatic carbocycles. The zero-order valence-electron chi connectivity index (χ0n) is 19.6. The SMILES string of the molecule is COc1cccc2c1nc(C(F)F)n2-c1nc(N2CCOCC2)cc(N2CCN([S+](C)[O-])CC2)n1. The van der Waals surface area contributed by atoms with Crippen molar-refractivity contribution in [2.45, 2.75) is 6.43 Å². The Balaban J connectivity index is 1.63. The monoisotopic (exact) mass is 507 g/mol. The van der Waals surface area contributed by atoms with Gasteiger partial charge >= 0.3 is 0 Å². The van der Waals surface area contributed by atoms with Gasteiger partial charge in [0.2, 0.25) is 5.95 Å². The molecule has 5 rings (SSSR count). The number of ether oxygens (including phenoxy) is 2. The third kappa shape index (κ3) is 4.73. The van der Waals surface area contributed by atoms with Crippen LogP contribution in [0.2, 0.25) is 0 Å². The molecule has 3 aromatic rings. The average molecular weight is 508 g/mol. The molecule has 188 valence electrons. The molecule has 1 unspecified atom stereocenters. The lowest BCUT2D eigenvalue weighted by Crippen LogP contribution is -2.48. The zero-order valence-corrected chi connectivity index (χ0v) is 20.4. The number of para-hydroxylation sites is 1. The van der Waals surface area contributed by atoms with Crippen molar-refractivity contribution in [3.63, 3.8) is 0 Å². The number of methoxy groups -OCH3 is 1. The predicted molar refractivity (Wildman–Crippen MR) is 129 cm³/mol. The van der Waals surface area contributed by atoms with Crippen LogP contribution in [-0.4, -0.2) is 94.2 Å². The maximum absolute atomic E-state index is 14.2. The molecule has 0 spiro atoms. The lowest BCUT2D eigenvalue weighted by atomic mass is 10.3. The van der Waals surface area contributed by atoms with E-state index in [0.29, 0.717) is 80.9 Å². The number of benzene rings is 1. The molecule has 13 heteroatoms. The Bertz CT molecular complexity index is 1180. The van der Waals surface area contributed by atoms with Crippen molar-refractivity contribution in [3.05, 3.63) is 30.1 Å². The minimum atomic E-state index is -2.84.